The second kappa shape index (κ2) is 8.53. The minimum Gasteiger partial charge on any atom is -0.338 e. The zero-order valence-electron chi connectivity index (χ0n) is 14.8. The lowest BCUT2D eigenvalue weighted by Crippen LogP contribution is -2.49. The Morgan fingerprint density at radius 3 is 2.64 bits per heavy atom. The van der Waals surface area contributed by atoms with Crippen LogP contribution in [-0.4, -0.2) is 72.9 Å². The van der Waals surface area contributed by atoms with Crippen LogP contribution in [0.1, 0.15) is 0 Å². The maximum atomic E-state index is 12.6. The topological polar surface area (TPSA) is 92.9 Å². The van der Waals surface area contributed by atoms with Gasteiger partial charge in [0.05, 0.1) is 11.4 Å². The van der Waals surface area contributed by atoms with Gasteiger partial charge in [-0.2, -0.15) is 4.68 Å². The SMILES string of the molecule is O=C(CSc1nnnn1-c1cccc(Cl)c1)N1CCN(c2ncccn2)CC1. The molecule has 1 aliphatic rings. The summed E-state index contributed by atoms with van der Waals surface area (Å²) in [6.07, 6.45) is 3.45. The van der Waals surface area contributed by atoms with Crippen LogP contribution in [0, 0.1) is 0 Å². The molecule has 0 saturated carbocycles. The van der Waals surface area contributed by atoms with Crippen molar-refractivity contribution in [2.75, 3.05) is 36.8 Å². The summed E-state index contributed by atoms with van der Waals surface area (Å²) >= 11 is 7.34. The number of carbonyl (C=O) groups is 1. The molecular weight excluding hydrogens is 400 g/mol. The Morgan fingerprint density at radius 1 is 1.11 bits per heavy atom. The highest BCUT2D eigenvalue weighted by Crippen LogP contribution is 2.21. The molecule has 1 aliphatic heterocycles. The third-order valence-corrected chi connectivity index (χ3v) is 5.42. The van der Waals surface area contributed by atoms with Crippen molar-refractivity contribution in [1.29, 1.82) is 0 Å². The van der Waals surface area contributed by atoms with E-state index in [-0.39, 0.29) is 11.7 Å². The number of piperazine rings is 1. The maximum absolute atomic E-state index is 12.6. The third kappa shape index (κ3) is 4.23. The van der Waals surface area contributed by atoms with Crippen LogP contribution in [0.5, 0.6) is 0 Å². The molecule has 0 bridgehead atoms. The van der Waals surface area contributed by atoms with Crippen LogP contribution in [0.3, 0.4) is 0 Å². The van der Waals surface area contributed by atoms with Crippen LogP contribution in [-0.2, 0) is 4.79 Å². The number of halogens is 1. The van der Waals surface area contributed by atoms with Gasteiger partial charge in [-0.3, -0.25) is 4.79 Å². The van der Waals surface area contributed by atoms with Gasteiger partial charge in [-0.15, -0.1) is 5.10 Å². The maximum Gasteiger partial charge on any atom is 0.233 e. The molecule has 9 nitrogen and oxygen atoms in total. The molecule has 1 aromatic carbocycles. The summed E-state index contributed by atoms with van der Waals surface area (Å²) in [5.74, 6) is 1.02. The van der Waals surface area contributed by atoms with Gasteiger partial charge in [0.25, 0.3) is 0 Å². The molecule has 1 amide bonds. The zero-order valence-corrected chi connectivity index (χ0v) is 16.4. The highest BCUT2D eigenvalue weighted by molar-refractivity contribution is 7.99. The fourth-order valence-corrected chi connectivity index (χ4v) is 3.84. The Hall–Kier alpha value is -2.72. The van der Waals surface area contributed by atoms with E-state index in [1.807, 2.05) is 17.0 Å². The Balaban J connectivity index is 1.33. The lowest BCUT2D eigenvalue weighted by Gasteiger charge is -2.34. The van der Waals surface area contributed by atoms with Gasteiger partial charge in [0.2, 0.25) is 17.0 Å². The van der Waals surface area contributed by atoms with E-state index in [0.717, 1.165) is 5.69 Å². The second-order valence-electron chi connectivity index (χ2n) is 6.06. The molecule has 144 valence electrons. The van der Waals surface area contributed by atoms with Gasteiger partial charge in [-0.05, 0) is 34.7 Å². The van der Waals surface area contributed by atoms with E-state index in [4.69, 9.17) is 11.6 Å². The average Bonchev–Trinajstić information content (AvgIpc) is 3.21. The van der Waals surface area contributed by atoms with E-state index in [9.17, 15) is 4.79 Å². The van der Waals surface area contributed by atoms with Gasteiger partial charge in [0.1, 0.15) is 0 Å². The number of amides is 1. The highest BCUT2D eigenvalue weighted by Gasteiger charge is 2.23. The number of hydrogen-bond acceptors (Lipinski definition) is 8. The quantitative estimate of drug-likeness (QED) is 0.578. The van der Waals surface area contributed by atoms with Crippen molar-refractivity contribution in [3.63, 3.8) is 0 Å². The summed E-state index contributed by atoms with van der Waals surface area (Å²) in [5.41, 5.74) is 0.754. The lowest BCUT2D eigenvalue weighted by molar-refractivity contribution is -0.128. The van der Waals surface area contributed by atoms with Crippen LogP contribution in [0.2, 0.25) is 5.02 Å². The minimum atomic E-state index is 0.0549. The number of tetrazole rings is 1. The summed E-state index contributed by atoms with van der Waals surface area (Å²) in [7, 11) is 0. The molecule has 0 atom stereocenters. The number of rotatable bonds is 5. The first kappa shape index (κ1) is 18.6. The lowest BCUT2D eigenvalue weighted by atomic mass is 10.3. The second-order valence-corrected chi connectivity index (χ2v) is 7.44. The molecule has 1 fully saturated rings. The average molecular weight is 417 g/mol. The van der Waals surface area contributed by atoms with E-state index in [1.54, 1.807) is 35.3 Å². The fraction of sp³-hybridized carbons (Fsp3) is 0.294. The Bertz CT molecular complexity index is 945. The molecule has 3 aromatic rings. The third-order valence-electron chi connectivity index (χ3n) is 4.29. The van der Waals surface area contributed by atoms with Crippen LogP contribution >= 0.6 is 23.4 Å². The number of hydrogen-bond donors (Lipinski definition) is 0. The summed E-state index contributed by atoms with van der Waals surface area (Å²) in [6, 6.07) is 9.03. The Labute approximate surface area is 170 Å². The van der Waals surface area contributed by atoms with Gasteiger partial charge >= 0.3 is 0 Å². The van der Waals surface area contributed by atoms with Crippen LogP contribution in [0.25, 0.3) is 5.69 Å². The molecule has 1 saturated heterocycles. The minimum absolute atomic E-state index is 0.0549. The van der Waals surface area contributed by atoms with Gasteiger partial charge in [-0.25, -0.2) is 9.97 Å². The number of anilines is 1. The molecule has 4 rings (SSSR count). The summed E-state index contributed by atoms with van der Waals surface area (Å²) in [5, 5.41) is 12.9. The molecule has 2 aromatic heterocycles. The zero-order chi connectivity index (χ0) is 19.3. The molecule has 11 heteroatoms. The Morgan fingerprint density at radius 2 is 1.89 bits per heavy atom. The summed E-state index contributed by atoms with van der Waals surface area (Å²) in [4.78, 5) is 25.0. The highest BCUT2D eigenvalue weighted by atomic mass is 35.5. The first-order valence-electron chi connectivity index (χ1n) is 8.67. The standard InChI is InChI=1S/C17H17ClN8OS/c18-13-3-1-4-14(11-13)26-17(21-22-23-26)28-12-15(27)24-7-9-25(10-8-24)16-19-5-2-6-20-16/h1-6,11H,7-10,12H2. The van der Waals surface area contributed by atoms with Gasteiger partial charge < -0.3 is 9.80 Å². The van der Waals surface area contributed by atoms with Crippen molar-refractivity contribution in [1.82, 2.24) is 35.1 Å². The molecule has 0 radical (unpaired) electrons. The molecule has 28 heavy (non-hydrogen) atoms. The molecule has 0 unspecified atom stereocenters. The molecule has 0 aliphatic carbocycles. The molecule has 3 heterocycles. The van der Waals surface area contributed by atoms with Crippen LogP contribution in [0.15, 0.2) is 47.9 Å². The predicted octanol–water partition coefficient (Wildman–Crippen LogP) is 1.55. The van der Waals surface area contributed by atoms with E-state index < -0.39 is 0 Å². The van der Waals surface area contributed by atoms with Crippen molar-refractivity contribution in [3.05, 3.63) is 47.7 Å². The smallest absolute Gasteiger partial charge is 0.233 e. The summed E-state index contributed by atoms with van der Waals surface area (Å²) < 4.78 is 1.58. The van der Waals surface area contributed by atoms with Crippen molar-refractivity contribution >= 4 is 35.2 Å². The molecule has 0 N–H and O–H groups in total. The van der Waals surface area contributed by atoms with Crippen molar-refractivity contribution in [3.8, 4) is 5.69 Å². The number of benzene rings is 1. The normalized spacial score (nSPS) is 14.3. The molecule has 0 spiro atoms. The van der Waals surface area contributed by atoms with Gasteiger partial charge in [0, 0.05) is 43.6 Å². The van der Waals surface area contributed by atoms with Crippen molar-refractivity contribution < 1.29 is 4.79 Å². The van der Waals surface area contributed by atoms with Crippen molar-refractivity contribution in [2.45, 2.75) is 5.16 Å². The number of nitrogens with zero attached hydrogens (tertiary/aromatic N) is 8. The largest absolute Gasteiger partial charge is 0.338 e. The predicted molar refractivity (Wildman–Crippen MR) is 106 cm³/mol. The van der Waals surface area contributed by atoms with Gasteiger partial charge in [-0.1, -0.05) is 29.4 Å². The Kier molecular flexibility index (Phi) is 5.68. The van der Waals surface area contributed by atoms with Crippen molar-refractivity contribution in [2.24, 2.45) is 0 Å². The first-order chi connectivity index (χ1) is 13.7. The number of aromatic nitrogens is 6. The van der Waals surface area contributed by atoms with Crippen LogP contribution in [0.4, 0.5) is 5.95 Å². The van der Waals surface area contributed by atoms with Gasteiger partial charge in [0.15, 0.2) is 0 Å². The van der Waals surface area contributed by atoms with E-state index >= 15 is 0 Å². The van der Waals surface area contributed by atoms with Crippen LogP contribution < -0.4 is 4.90 Å². The van der Waals surface area contributed by atoms with E-state index in [1.165, 1.54) is 11.8 Å². The fourth-order valence-electron chi connectivity index (χ4n) is 2.87. The summed E-state index contributed by atoms with van der Waals surface area (Å²) in [6.45, 7) is 2.69. The number of carbonyl (C=O) groups excluding carboxylic acids is 1. The first-order valence-corrected chi connectivity index (χ1v) is 10.0. The monoisotopic (exact) mass is 416 g/mol. The molecular formula is C17H17ClN8OS. The van der Waals surface area contributed by atoms with E-state index in [2.05, 4.69) is 30.4 Å². The van der Waals surface area contributed by atoms with E-state index in [0.29, 0.717) is 42.3 Å². The number of thioether (sulfide) groups is 1.